The maximum atomic E-state index is 13.3. The molecule has 1 N–H and O–H groups in total. The van der Waals surface area contributed by atoms with Crippen LogP contribution in [0.3, 0.4) is 0 Å². The molecule has 2 amide bonds. The van der Waals surface area contributed by atoms with Gasteiger partial charge >= 0.3 is 12.2 Å². The first kappa shape index (κ1) is 19.9. The van der Waals surface area contributed by atoms with E-state index in [0.717, 1.165) is 5.56 Å². The van der Waals surface area contributed by atoms with Gasteiger partial charge in [0.25, 0.3) is 0 Å². The van der Waals surface area contributed by atoms with Crippen LogP contribution < -0.4 is 5.32 Å². The second-order valence-electron chi connectivity index (χ2n) is 7.20. The van der Waals surface area contributed by atoms with Gasteiger partial charge in [0.2, 0.25) is 6.43 Å². The maximum absolute atomic E-state index is 13.3. The molecule has 0 saturated carbocycles. The lowest BCUT2D eigenvalue weighted by atomic mass is 10.1. The van der Waals surface area contributed by atoms with Crippen LogP contribution in [0, 0.1) is 5.92 Å². The minimum absolute atomic E-state index is 0.0537. The average Bonchev–Trinajstić information content (AvgIpc) is 2.95. The Bertz CT molecular complexity index is 619. The predicted octanol–water partition coefficient (Wildman–Crippen LogP) is 3.41. The molecule has 1 aliphatic heterocycles. The smallest absolute Gasteiger partial charge is 0.410 e. The van der Waals surface area contributed by atoms with E-state index in [-0.39, 0.29) is 19.7 Å². The van der Waals surface area contributed by atoms with E-state index in [2.05, 4.69) is 5.32 Å². The SMILES string of the molecule is CC(C)(C)OC(=O)N[C@@H]1CN(C(=O)OCc2ccccc2)C[C@H]1C(F)F. The zero-order valence-electron chi connectivity index (χ0n) is 15.1. The van der Waals surface area contributed by atoms with Crippen LogP contribution in [0.1, 0.15) is 26.3 Å². The molecule has 1 fully saturated rings. The number of benzene rings is 1. The van der Waals surface area contributed by atoms with Crippen LogP contribution in [-0.2, 0) is 16.1 Å². The van der Waals surface area contributed by atoms with Crippen molar-refractivity contribution in [2.45, 2.75) is 45.4 Å². The van der Waals surface area contributed by atoms with Crippen molar-refractivity contribution < 1.29 is 27.8 Å². The van der Waals surface area contributed by atoms with Crippen molar-refractivity contribution >= 4 is 12.2 Å². The molecular weight excluding hydrogens is 346 g/mol. The zero-order valence-corrected chi connectivity index (χ0v) is 15.1. The molecule has 26 heavy (non-hydrogen) atoms. The van der Waals surface area contributed by atoms with E-state index >= 15 is 0 Å². The molecule has 2 rings (SSSR count). The van der Waals surface area contributed by atoms with Crippen LogP contribution in [0.25, 0.3) is 0 Å². The zero-order chi connectivity index (χ0) is 19.3. The Kier molecular flexibility index (Phi) is 6.39. The summed E-state index contributed by atoms with van der Waals surface area (Å²) in [6, 6.07) is 8.16. The number of nitrogens with zero attached hydrogens (tertiary/aromatic N) is 1. The lowest BCUT2D eigenvalue weighted by Crippen LogP contribution is -2.45. The van der Waals surface area contributed by atoms with Crippen molar-refractivity contribution in [1.29, 1.82) is 0 Å². The minimum atomic E-state index is -2.68. The van der Waals surface area contributed by atoms with E-state index in [1.165, 1.54) is 4.90 Å². The lowest BCUT2D eigenvalue weighted by Gasteiger charge is -2.23. The molecule has 2 atom stereocenters. The van der Waals surface area contributed by atoms with Crippen molar-refractivity contribution in [3.8, 4) is 0 Å². The number of carbonyl (C=O) groups excluding carboxylic acids is 2. The number of carbonyl (C=O) groups is 2. The van der Waals surface area contributed by atoms with Gasteiger partial charge in [-0.15, -0.1) is 0 Å². The highest BCUT2D eigenvalue weighted by atomic mass is 19.3. The molecule has 0 aromatic heterocycles. The fourth-order valence-corrected chi connectivity index (χ4v) is 2.66. The number of nitrogens with one attached hydrogen (secondary N) is 1. The first-order chi connectivity index (χ1) is 12.2. The van der Waals surface area contributed by atoms with E-state index in [1.807, 2.05) is 18.2 Å². The maximum Gasteiger partial charge on any atom is 0.410 e. The molecule has 144 valence electrons. The van der Waals surface area contributed by atoms with E-state index in [0.29, 0.717) is 0 Å². The Balaban J connectivity index is 1.92. The Hall–Kier alpha value is -2.38. The molecule has 1 saturated heterocycles. The number of halogens is 2. The van der Waals surface area contributed by atoms with Crippen molar-refractivity contribution in [3.63, 3.8) is 0 Å². The first-order valence-corrected chi connectivity index (χ1v) is 8.39. The van der Waals surface area contributed by atoms with Gasteiger partial charge in [0.05, 0.1) is 12.0 Å². The molecule has 0 bridgehead atoms. The molecule has 0 aliphatic carbocycles. The molecule has 1 heterocycles. The second-order valence-corrected chi connectivity index (χ2v) is 7.20. The topological polar surface area (TPSA) is 67.9 Å². The summed E-state index contributed by atoms with van der Waals surface area (Å²) in [6.45, 7) is 4.85. The average molecular weight is 370 g/mol. The van der Waals surface area contributed by atoms with Gasteiger partial charge in [0, 0.05) is 13.1 Å². The van der Waals surface area contributed by atoms with Gasteiger partial charge in [0.1, 0.15) is 12.2 Å². The third-order valence-corrected chi connectivity index (χ3v) is 3.85. The number of likely N-dealkylation sites (tertiary alicyclic amines) is 1. The number of alkyl halides is 2. The van der Waals surface area contributed by atoms with E-state index in [4.69, 9.17) is 9.47 Å². The largest absolute Gasteiger partial charge is 0.445 e. The molecule has 1 aliphatic rings. The van der Waals surface area contributed by atoms with Crippen molar-refractivity contribution in [3.05, 3.63) is 35.9 Å². The van der Waals surface area contributed by atoms with Gasteiger partial charge < -0.3 is 19.7 Å². The molecule has 8 heteroatoms. The van der Waals surface area contributed by atoms with Gasteiger partial charge in [-0.2, -0.15) is 0 Å². The van der Waals surface area contributed by atoms with E-state index in [9.17, 15) is 18.4 Å². The number of ether oxygens (including phenoxy) is 2. The van der Waals surface area contributed by atoms with Crippen LogP contribution in [0.5, 0.6) is 0 Å². The van der Waals surface area contributed by atoms with E-state index < -0.39 is 36.2 Å². The number of hydrogen-bond donors (Lipinski definition) is 1. The van der Waals surface area contributed by atoms with Crippen LogP contribution in [0.2, 0.25) is 0 Å². The highest BCUT2D eigenvalue weighted by molar-refractivity contribution is 5.70. The number of hydrogen-bond acceptors (Lipinski definition) is 4. The fourth-order valence-electron chi connectivity index (χ4n) is 2.66. The summed E-state index contributed by atoms with van der Waals surface area (Å²) in [6.07, 6.45) is -4.15. The normalized spacial score (nSPS) is 20.2. The monoisotopic (exact) mass is 370 g/mol. The Morgan fingerprint density at radius 2 is 1.88 bits per heavy atom. The Morgan fingerprint density at radius 1 is 1.23 bits per heavy atom. The Labute approximate surface area is 151 Å². The van der Waals surface area contributed by atoms with Gasteiger partial charge in [-0.25, -0.2) is 18.4 Å². The molecule has 0 unspecified atom stereocenters. The molecule has 1 aromatic rings. The standard InChI is InChI=1S/C18H24F2N2O4/c1-18(2,3)26-16(23)21-14-10-22(9-13(14)15(19)20)17(24)25-11-12-7-5-4-6-8-12/h4-8,13-15H,9-11H2,1-3H3,(H,21,23)/t13-,14-/m1/s1. The number of amides is 2. The summed E-state index contributed by atoms with van der Waals surface area (Å²) in [5.74, 6) is -1.17. The molecule has 1 aromatic carbocycles. The minimum Gasteiger partial charge on any atom is -0.445 e. The van der Waals surface area contributed by atoms with Crippen molar-refractivity contribution in [1.82, 2.24) is 10.2 Å². The predicted molar refractivity (Wildman–Crippen MR) is 90.9 cm³/mol. The molecule has 6 nitrogen and oxygen atoms in total. The summed E-state index contributed by atoms with van der Waals surface area (Å²) in [5, 5.41) is 2.43. The van der Waals surface area contributed by atoms with Crippen molar-refractivity contribution in [2.75, 3.05) is 13.1 Å². The van der Waals surface area contributed by atoms with Crippen LogP contribution >= 0.6 is 0 Å². The highest BCUT2D eigenvalue weighted by Gasteiger charge is 2.42. The number of rotatable bonds is 4. The molecule has 0 radical (unpaired) electrons. The van der Waals surface area contributed by atoms with Crippen LogP contribution in [0.4, 0.5) is 18.4 Å². The quantitative estimate of drug-likeness (QED) is 0.882. The van der Waals surface area contributed by atoms with E-state index in [1.54, 1.807) is 32.9 Å². The van der Waals surface area contributed by atoms with Gasteiger partial charge in [-0.05, 0) is 26.3 Å². The Morgan fingerprint density at radius 3 is 2.46 bits per heavy atom. The summed E-state index contributed by atoms with van der Waals surface area (Å²) >= 11 is 0. The third-order valence-electron chi connectivity index (χ3n) is 3.85. The number of alkyl carbamates (subject to hydrolysis) is 1. The van der Waals surface area contributed by atoms with Gasteiger partial charge in [-0.3, -0.25) is 0 Å². The summed E-state index contributed by atoms with van der Waals surface area (Å²) in [4.78, 5) is 25.2. The first-order valence-electron chi connectivity index (χ1n) is 8.39. The second kappa shape index (κ2) is 8.33. The molecule has 0 spiro atoms. The van der Waals surface area contributed by atoms with Crippen LogP contribution in [-0.4, -0.2) is 48.2 Å². The summed E-state index contributed by atoms with van der Waals surface area (Å²) < 4.78 is 36.9. The van der Waals surface area contributed by atoms with Crippen LogP contribution in [0.15, 0.2) is 30.3 Å². The van der Waals surface area contributed by atoms with Gasteiger partial charge in [0.15, 0.2) is 0 Å². The highest BCUT2D eigenvalue weighted by Crippen LogP contribution is 2.25. The summed E-state index contributed by atoms with van der Waals surface area (Å²) in [5.41, 5.74) is 0.0611. The van der Waals surface area contributed by atoms with Gasteiger partial charge in [-0.1, -0.05) is 30.3 Å². The third kappa shape index (κ3) is 5.86. The lowest BCUT2D eigenvalue weighted by molar-refractivity contribution is 0.0407. The fraction of sp³-hybridized carbons (Fsp3) is 0.556. The van der Waals surface area contributed by atoms with Crippen molar-refractivity contribution in [2.24, 2.45) is 5.92 Å². The molecular formula is C18H24F2N2O4. The summed E-state index contributed by atoms with van der Waals surface area (Å²) in [7, 11) is 0.